The maximum atomic E-state index is 13.2. The molecule has 0 aliphatic heterocycles. The monoisotopic (exact) mass is 418 g/mol. The van der Waals surface area contributed by atoms with Gasteiger partial charge in [0, 0.05) is 12.2 Å². The van der Waals surface area contributed by atoms with E-state index in [0.29, 0.717) is 38.0 Å². The van der Waals surface area contributed by atoms with E-state index in [9.17, 15) is 9.59 Å². The summed E-state index contributed by atoms with van der Waals surface area (Å²) in [5.41, 5.74) is 13.2. The highest BCUT2D eigenvalue weighted by molar-refractivity contribution is 5.99. The molecule has 0 aliphatic carbocycles. The average molecular weight is 419 g/mol. The van der Waals surface area contributed by atoms with Crippen LogP contribution in [0.2, 0.25) is 0 Å². The molecule has 0 aromatic heterocycles. The highest BCUT2D eigenvalue weighted by Crippen LogP contribution is 2.20. The number of anilines is 1. The lowest BCUT2D eigenvalue weighted by molar-refractivity contribution is -0.137. The first-order chi connectivity index (χ1) is 15.1. The molecule has 31 heavy (non-hydrogen) atoms. The number of fused-ring (bicyclic) bond motifs is 1. The lowest BCUT2D eigenvalue weighted by Crippen LogP contribution is -2.50. The minimum atomic E-state index is -0.630. The predicted octanol–water partition coefficient (Wildman–Crippen LogP) is 2.92. The number of hydrogen-bond donors (Lipinski definition) is 3. The number of carbonyl (C=O) groups is 2. The second-order valence-electron chi connectivity index (χ2n) is 7.52. The third-order valence-corrected chi connectivity index (χ3v) is 5.36. The number of hydrogen-bond acceptors (Lipinski definition) is 4. The second-order valence-corrected chi connectivity index (χ2v) is 7.52. The van der Waals surface area contributed by atoms with E-state index in [1.165, 1.54) is 0 Å². The summed E-state index contributed by atoms with van der Waals surface area (Å²) in [4.78, 5) is 27.5. The van der Waals surface area contributed by atoms with Crippen LogP contribution in [0.1, 0.15) is 18.4 Å². The normalized spacial score (nSPS) is 11.8. The molecule has 0 heterocycles. The van der Waals surface area contributed by atoms with Gasteiger partial charge >= 0.3 is 0 Å². The molecule has 1 atom stereocenters. The van der Waals surface area contributed by atoms with Gasteiger partial charge in [-0.15, -0.1) is 0 Å². The lowest BCUT2D eigenvalue weighted by atomic mass is 10.1. The van der Waals surface area contributed by atoms with Crippen LogP contribution < -0.4 is 16.8 Å². The van der Waals surface area contributed by atoms with Gasteiger partial charge in [-0.2, -0.15) is 0 Å². The molecule has 0 radical (unpaired) electrons. The van der Waals surface area contributed by atoms with Crippen LogP contribution in [0.4, 0.5) is 5.69 Å². The van der Waals surface area contributed by atoms with Gasteiger partial charge in [-0.1, -0.05) is 60.7 Å². The van der Waals surface area contributed by atoms with Crippen molar-refractivity contribution in [1.82, 2.24) is 4.90 Å². The molecule has 6 nitrogen and oxygen atoms in total. The Morgan fingerprint density at radius 1 is 0.903 bits per heavy atom. The molecule has 0 aliphatic rings. The Balaban J connectivity index is 1.79. The molecule has 0 saturated carbocycles. The molecule has 0 bridgehead atoms. The fourth-order valence-corrected chi connectivity index (χ4v) is 3.70. The Kier molecular flexibility index (Phi) is 8.15. The molecule has 5 N–H and O–H groups in total. The fraction of sp³-hybridized carbons (Fsp3) is 0.280. The van der Waals surface area contributed by atoms with E-state index in [0.717, 1.165) is 16.3 Å². The Bertz CT molecular complexity index is 1010. The van der Waals surface area contributed by atoms with Gasteiger partial charge in [0.25, 0.3) is 0 Å². The van der Waals surface area contributed by atoms with Gasteiger partial charge in [-0.05, 0) is 54.3 Å². The van der Waals surface area contributed by atoms with E-state index in [2.05, 4.69) is 5.32 Å². The SMILES string of the molecule is NCCC[C@@H](C(=O)Nc1ccc2ccccc2c1)N(CCc1ccccc1)C(=O)CN. The third kappa shape index (κ3) is 6.13. The van der Waals surface area contributed by atoms with Crippen LogP contribution in [0.3, 0.4) is 0 Å². The first kappa shape index (κ1) is 22.5. The van der Waals surface area contributed by atoms with Crippen LogP contribution in [0.15, 0.2) is 72.8 Å². The van der Waals surface area contributed by atoms with E-state index in [1.807, 2.05) is 72.8 Å². The Labute approximate surface area is 183 Å². The summed E-state index contributed by atoms with van der Waals surface area (Å²) >= 11 is 0. The molecule has 162 valence electrons. The molecule has 0 fully saturated rings. The number of benzene rings is 3. The highest BCUT2D eigenvalue weighted by Gasteiger charge is 2.28. The van der Waals surface area contributed by atoms with Crippen LogP contribution in [-0.2, 0) is 16.0 Å². The van der Waals surface area contributed by atoms with Crippen molar-refractivity contribution in [3.63, 3.8) is 0 Å². The molecule has 2 amide bonds. The van der Waals surface area contributed by atoms with Crippen molar-refractivity contribution in [2.75, 3.05) is 25.0 Å². The van der Waals surface area contributed by atoms with E-state index in [-0.39, 0.29) is 18.4 Å². The quantitative estimate of drug-likeness (QED) is 0.471. The van der Waals surface area contributed by atoms with E-state index >= 15 is 0 Å². The molecule has 0 saturated heterocycles. The topological polar surface area (TPSA) is 101 Å². The van der Waals surface area contributed by atoms with Crippen molar-refractivity contribution in [3.8, 4) is 0 Å². The van der Waals surface area contributed by atoms with E-state index in [4.69, 9.17) is 11.5 Å². The average Bonchev–Trinajstić information content (AvgIpc) is 2.81. The summed E-state index contributed by atoms with van der Waals surface area (Å²) in [5, 5.41) is 5.13. The van der Waals surface area contributed by atoms with Crippen molar-refractivity contribution < 1.29 is 9.59 Å². The fourth-order valence-electron chi connectivity index (χ4n) is 3.70. The predicted molar refractivity (Wildman–Crippen MR) is 126 cm³/mol. The third-order valence-electron chi connectivity index (χ3n) is 5.36. The number of rotatable bonds is 10. The maximum absolute atomic E-state index is 13.2. The molecular formula is C25H30N4O2. The van der Waals surface area contributed by atoms with Crippen LogP contribution >= 0.6 is 0 Å². The summed E-state index contributed by atoms with van der Waals surface area (Å²) in [6.45, 7) is 0.723. The molecule has 0 unspecified atom stereocenters. The van der Waals surface area contributed by atoms with Gasteiger partial charge in [0.1, 0.15) is 6.04 Å². The van der Waals surface area contributed by atoms with Gasteiger partial charge in [0.05, 0.1) is 6.54 Å². The number of nitrogens with zero attached hydrogens (tertiary/aromatic N) is 1. The summed E-state index contributed by atoms with van der Waals surface area (Å²) in [6.07, 6.45) is 1.76. The van der Waals surface area contributed by atoms with Crippen LogP contribution in [-0.4, -0.2) is 42.4 Å². The lowest BCUT2D eigenvalue weighted by Gasteiger charge is -2.31. The Morgan fingerprint density at radius 3 is 2.32 bits per heavy atom. The summed E-state index contributed by atoms with van der Waals surface area (Å²) in [6, 6.07) is 23.0. The smallest absolute Gasteiger partial charge is 0.247 e. The van der Waals surface area contributed by atoms with Gasteiger partial charge in [-0.3, -0.25) is 9.59 Å². The van der Waals surface area contributed by atoms with Crippen molar-refractivity contribution in [3.05, 3.63) is 78.4 Å². The van der Waals surface area contributed by atoms with Crippen LogP contribution in [0.25, 0.3) is 10.8 Å². The van der Waals surface area contributed by atoms with Crippen molar-refractivity contribution >= 4 is 28.3 Å². The van der Waals surface area contributed by atoms with Gasteiger partial charge in [0.15, 0.2) is 0 Å². The van der Waals surface area contributed by atoms with Crippen LogP contribution in [0.5, 0.6) is 0 Å². The zero-order chi connectivity index (χ0) is 22.1. The minimum Gasteiger partial charge on any atom is -0.330 e. The molecule has 3 aromatic rings. The standard InChI is InChI=1S/C25H30N4O2/c26-15-6-11-23(29(24(30)18-27)16-14-19-7-2-1-3-8-19)25(31)28-22-13-12-20-9-4-5-10-21(20)17-22/h1-5,7-10,12-13,17,23H,6,11,14-16,18,26-27H2,(H,28,31)/t23-/m0/s1. The first-order valence-electron chi connectivity index (χ1n) is 10.7. The zero-order valence-electron chi connectivity index (χ0n) is 17.7. The molecular weight excluding hydrogens is 388 g/mol. The summed E-state index contributed by atoms with van der Waals surface area (Å²) in [5.74, 6) is -0.467. The van der Waals surface area contributed by atoms with Crippen molar-refractivity contribution in [2.45, 2.75) is 25.3 Å². The Hall–Kier alpha value is -3.22. The highest BCUT2D eigenvalue weighted by atomic mass is 16.2. The van der Waals surface area contributed by atoms with Gasteiger partial charge in [-0.25, -0.2) is 0 Å². The van der Waals surface area contributed by atoms with E-state index < -0.39 is 6.04 Å². The second kappa shape index (κ2) is 11.2. The number of carbonyl (C=O) groups excluding carboxylic acids is 2. The van der Waals surface area contributed by atoms with Gasteiger partial charge < -0.3 is 21.7 Å². The molecule has 3 aromatic carbocycles. The number of amides is 2. The Morgan fingerprint density at radius 2 is 1.61 bits per heavy atom. The zero-order valence-corrected chi connectivity index (χ0v) is 17.7. The molecule has 6 heteroatoms. The summed E-state index contributed by atoms with van der Waals surface area (Å²) in [7, 11) is 0. The van der Waals surface area contributed by atoms with Gasteiger partial charge in [0.2, 0.25) is 11.8 Å². The number of nitrogens with two attached hydrogens (primary N) is 2. The van der Waals surface area contributed by atoms with E-state index in [1.54, 1.807) is 4.90 Å². The van der Waals surface area contributed by atoms with Crippen LogP contribution in [0, 0.1) is 0 Å². The van der Waals surface area contributed by atoms with Crippen molar-refractivity contribution in [2.24, 2.45) is 11.5 Å². The molecule has 0 spiro atoms. The maximum Gasteiger partial charge on any atom is 0.247 e. The first-order valence-corrected chi connectivity index (χ1v) is 10.7. The summed E-state index contributed by atoms with van der Waals surface area (Å²) < 4.78 is 0. The largest absolute Gasteiger partial charge is 0.330 e. The minimum absolute atomic E-state index is 0.142. The molecule has 3 rings (SSSR count). The number of nitrogens with one attached hydrogen (secondary N) is 1. The van der Waals surface area contributed by atoms with Crippen molar-refractivity contribution in [1.29, 1.82) is 0 Å².